The van der Waals surface area contributed by atoms with Crippen LogP contribution in [0, 0.1) is 28.6 Å². The Morgan fingerprint density at radius 2 is 1.52 bits per heavy atom. The number of hydrogen-bond acceptors (Lipinski definition) is 3. The summed E-state index contributed by atoms with van der Waals surface area (Å²) in [6, 6.07) is 0. The van der Waals surface area contributed by atoms with Gasteiger partial charge in [-0.2, -0.15) is 0 Å². The number of hydrogen-bond donors (Lipinski definition) is 2. The van der Waals surface area contributed by atoms with Gasteiger partial charge in [0.05, 0.1) is 19.3 Å². The molecule has 146 valence electrons. The van der Waals surface area contributed by atoms with E-state index >= 15 is 0 Å². The maximum absolute atomic E-state index is 10.3. The fourth-order valence-corrected chi connectivity index (χ4v) is 6.72. The van der Waals surface area contributed by atoms with Crippen molar-refractivity contribution in [3.8, 4) is 0 Å². The summed E-state index contributed by atoms with van der Waals surface area (Å²) >= 11 is 0. The first-order valence-electron chi connectivity index (χ1n) is 10.6. The third-order valence-electron chi connectivity index (χ3n) is 6.67. The molecule has 0 saturated heterocycles. The van der Waals surface area contributed by atoms with Gasteiger partial charge in [-0.15, -0.1) is 0 Å². The molecule has 3 heteroatoms. The monoisotopic (exact) mass is 351 g/mol. The minimum Gasteiger partial charge on any atom is -0.389 e. The SMILES string of the molecule is CC(C)(C)CC(C)(C)NCC(O)COCC12CC3CC(CC(C3)C1)C2. The lowest BCUT2D eigenvalue weighted by Crippen LogP contribution is -2.49. The summed E-state index contributed by atoms with van der Waals surface area (Å²) < 4.78 is 6.06. The predicted molar refractivity (Wildman–Crippen MR) is 104 cm³/mol. The van der Waals surface area contributed by atoms with E-state index in [1.165, 1.54) is 38.5 Å². The van der Waals surface area contributed by atoms with Crippen LogP contribution in [0.4, 0.5) is 0 Å². The van der Waals surface area contributed by atoms with E-state index in [0.29, 0.717) is 18.6 Å². The summed E-state index contributed by atoms with van der Waals surface area (Å²) in [6.45, 7) is 13.2. The largest absolute Gasteiger partial charge is 0.389 e. The van der Waals surface area contributed by atoms with Gasteiger partial charge in [0.1, 0.15) is 0 Å². The zero-order valence-corrected chi connectivity index (χ0v) is 17.2. The molecule has 0 spiro atoms. The zero-order chi connectivity index (χ0) is 18.3. The fraction of sp³-hybridized carbons (Fsp3) is 1.00. The Bertz CT molecular complexity index is 416. The Kier molecular flexibility index (Phi) is 5.60. The van der Waals surface area contributed by atoms with Gasteiger partial charge in [0.2, 0.25) is 0 Å². The molecule has 0 radical (unpaired) electrons. The molecule has 1 unspecified atom stereocenters. The predicted octanol–water partition coefficient (Wildman–Crippen LogP) is 4.38. The second-order valence-corrected chi connectivity index (χ2v) is 11.6. The Hall–Kier alpha value is -0.120. The van der Waals surface area contributed by atoms with Crippen LogP contribution in [0.3, 0.4) is 0 Å². The van der Waals surface area contributed by atoms with E-state index in [0.717, 1.165) is 30.8 Å². The quantitative estimate of drug-likeness (QED) is 0.682. The highest BCUT2D eigenvalue weighted by Gasteiger charge is 2.50. The van der Waals surface area contributed by atoms with Crippen molar-refractivity contribution >= 4 is 0 Å². The minimum absolute atomic E-state index is 0.0408. The molecule has 0 amide bonds. The third-order valence-corrected chi connectivity index (χ3v) is 6.67. The maximum Gasteiger partial charge on any atom is 0.0897 e. The van der Waals surface area contributed by atoms with Gasteiger partial charge < -0.3 is 15.2 Å². The highest BCUT2D eigenvalue weighted by molar-refractivity contribution is 5.01. The molecule has 0 aliphatic heterocycles. The van der Waals surface area contributed by atoms with Crippen LogP contribution in [0.5, 0.6) is 0 Å². The molecule has 4 saturated carbocycles. The zero-order valence-electron chi connectivity index (χ0n) is 17.2. The number of β-amino-alcohol motifs (C(OH)–C–C–N with tert-alkyl or cyclic N) is 1. The van der Waals surface area contributed by atoms with Gasteiger partial charge in [-0.1, -0.05) is 20.8 Å². The minimum atomic E-state index is -0.409. The fourth-order valence-electron chi connectivity index (χ4n) is 6.72. The molecule has 25 heavy (non-hydrogen) atoms. The second kappa shape index (κ2) is 7.13. The van der Waals surface area contributed by atoms with Gasteiger partial charge in [-0.25, -0.2) is 0 Å². The van der Waals surface area contributed by atoms with Gasteiger partial charge in [-0.3, -0.25) is 0 Å². The van der Waals surface area contributed by atoms with Gasteiger partial charge in [0.25, 0.3) is 0 Å². The van der Waals surface area contributed by atoms with E-state index in [1.54, 1.807) is 0 Å². The van der Waals surface area contributed by atoms with Crippen molar-refractivity contribution in [1.29, 1.82) is 0 Å². The van der Waals surface area contributed by atoms with Crippen molar-refractivity contribution in [2.45, 2.75) is 91.2 Å². The van der Waals surface area contributed by atoms with Crippen molar-refractivity contribution in [3.05, 3.63) is 0 Å². The number of ether oxygens (including phenoxy) is 1. The van der Waals surface area contributed by atoms with E-state index in [-0.39, 0.29) is 11.0 Å². The summed E-state index contributed by atoms with van der Waals surface area (Å²) in [6.07, 6.45) is 9.26. The lowest BCUT2D eigenvalue weighted by molar-refractivity contribution is -0.105. The molecule has 0 heterocycles. The van der Waals surface area contributed by atoms with E-state index in [9.17, 15) is 5.11 Å². The van der Waals surface area contributed by atoms with Gasteiger partial charge in [0.15, 0.2) is 0 Å². The normalized spacial score (nSPS) is 36.0. The first kappa shape index (κ1) is 19.6. The Labute approximate surface area is 155 Å². The summed E-state index contributed by atoms with van der Waals surface area (Å²) in [4.78, 5) is 0. The smallest absolute Gasteiger partial charge is 0.0897 e. The highest BCUT2D eigenvalue weighted by Crippen LogP contribution is 2.60. The number of nitrogens with one attached hydrogen (secondary N) is 1. The second-order valence-electron chi connectivity index (χ2n) is 11.6. The highest BCUT2D eigenvalue weighted by atomic mass is 16.5. The molecule has 3 nitrogen and oxygen atoms in total. The van der Waals surface area contributed by atoms with Gasteiger partial charge in [0, 0.05) is 12.1 Å². The van der Waals surface area contributed by atoms with Crippen LogP contribution in [0.1, 0.15) is 79.6 Å². The van der Waals surface area contributed by atoms with Crippen molar-refractivity contribution < 1.29 is 9.84 Å². The average molecular weight is 352 g/mol. The summed E-state index contributed by atoms with van der Waals surface area (Å²) in [5, 5.41) is 13.9. The summed E-state index contributed by atoms with van der Waals surface area (Å²) in [5.74, 6) is 2.92. The maximum atomic E-state index is 10.3. The standard InChI is InChI=1S/C22H41NO2/c1-20(2,3)14-21(4,5)23-12-19(24)13-25-15-22-9-16-6-17(10-22)8-18(7-16)11-22/h16-19,23-24H,6-15H2,1-5H3. The number of aliphatic hydroxyl groups is 1. The first-order valence-corrected chi connectivity index (χ1v) is 10.6. The molecule has 0 aromatic rings. The van der Waals surface area contributed by atoms with Crippen molar-refractivity contribution in [1.82, 2.24) is 5.32 Å². The van der Waals surface area contributed by atoms with Crippen LogP contribution >= 0.6 is 0 Å². The Balaban J connectivity index is 1.38. The van der Waals surface area contributed by atoms with E-state index in [2.05, 4.69) is 39.9 Å². The van der Waals surface area contributed by atoms with Crippen LogP contribution in [-0.2, 0) is 4.74 Å². The molecular weight excluding hydrogens is 310 g/mol. The molecule has 4 fully saturated rings. The molecule has 2 N–H and O–H groups in total. The lowest BCUT2D eigenvalue weighted by Gasteiger charge is -2.56. The molecule has 0 aromatic heterocycles. The van der Waals surface area contributed by atoms with Crippen LogP contribution in [-0.4, -0.2) is 36.5 Å². The van der Waals surface area contributed by atoms with E-state index < -0.39 is 6.10 Å². The molecule has 4 rings (SSSR count). The summed E-state index contributed by atoms with van der Waals surface area (Å²) in [7, 11) is 0. The molecule has 4 aliphatic carbocycles. The van der Waals surface area contributed by atoms with Crippen molar-refractivity contribution in [3.63, 3.8) is 0 Å². The Morgan fingerprint density at radius 3 is 2.00 bits per heavy atom. The molecule has 1 atom stereocenters. The van der Waals surface area contributed by atoms with Crippen LogP contribution in [0.2, 0.25) is 0 Å². The molecule has 4 aliphatic rings. The van der Waals surface area contributed by atoms with E-state index in [4.69, 9.17) is 4.74 Å². The van der Waals surface area contributed by atoms with Gasteiger partial charge in [-0.05, 0) is 87.4 Å². The number of rotatable bonds is 8. The van der Waals surface area contributed by atoms with E-state index in [1.807, 2.05) is 0 Å². The Morgan fingerprint density at radius 1 is 1.00 bits per heavy atom. The molecular formula is C22H41NO2. The van der Waals surface area contributed by atoms with Crippen LogP contribution in [0.15, 0.2) is 0 Å². The number of aliphatic hydroxyl groups excluding tert-OH is 1. The van der Waals surface area contributed by atoms with Crippen LogP contribution in [0.25, 0.3) is 0 Å². The van der Waals surface area contributed by atoms with Crippen molar-refractivity contribution in [2.75, 3.05) is 19.8 Å². The lowest BCUT2D eigenvalue weighted by atomic mass is 9.50. The third kappa shape index (κ3) is 5.43. The molecule has 0 aromatic carbocycles. The average Bonchev–Trinajstić information content (AvgIpc) is 2.41. The first-order chi connectivity index (χ1) is 11.5. The van der Waals surface area contributed by atoms with Crippen LogP contribution < -0.4 is 5.32 Å². The van der Waals surface area contributed by atoms with Crippen molar-refractivity contribution in [2.24, 2.45) is 28.6 Å². The van der Waals surface area contributed by atoms with Gasteiger partial charge >= 0.3 is 0 Å². The molecule has 4 bridgehead atoms. The topological polar surface area (TPSA) is 41.5 Å². The summed E-state index contributed by atoms with van der Waals surface area (Å²) in [5.41, 5.74) is 0.781.